The molecule has 1 aromatic rings. The number of rotatable bonds is 2. The van der Waals surface area contributed by atoms with Gasteiger partial charge in [0.05, 0.1) is 6.54 Å². The zero-order valence-corrected chi connectivity index (χ0v) is 7.16. The number of nitrogen functional groups attached to an aromatic ring is 1. The van der Waals surface area contributed by atoms with E-state index in [2.05, 4.69) is 10.4 Å². The van der Waals surface area contributed by atoms with Gasteiger partial charge in [-0.2, -0.15) is 0 Å². The predicted octanol–water partition coefficient (Wildman–Crippen LogP) is -0.367. The number of carbonyl (C=O) groups is 1. The minimum Gasteiger partial charge on any atom is -0.382 e. The molecule has 0 spiro atoms. The molecule has 0 aliphatic carbocycles. The Morgan fingerprint density at radius 3 is 2.92 bits per heavy atom. The lowest BCUT2D eigenvalue weighted by molar-refractivity contribution is 0.0897. The van der Waals surface area contributed by atoms with Crippen molar-refractivity contribution in [1.82, 2.24) is 15.1 Å². The summed E-state index contributed by atoms with van der Waals surface area (Å²) in [5.74, 6) is 0.267. The monoisotopic (exact) mass is 168 g/mol. The second-order valence-corrected chi connectivity index (χ2v) is 2.55. The quantitative estimate of drug-likeness (QED) is 0.632. The summed E-state index contributed by atoms with van der Waals surface area (Å²) in [5.41, 5.74) is 6.17. The van der Waals surface area contributed by atoms with Crippen molar-refractivity contribution in [3.8, 4) is 0 Å². The van der Waals surface area contributed by atoms with Crippen LogP contribution in [0.2, 0.25) is 0 Å². The van der Waals surface area contributed by atoms with Crippen molar-refractivity contribution < 1.29 is 4.79 Å². The topological polar surface area (TPSA) is 72.9 Å². The van der Waals surface area contributed by atoms with Crippen LogP contribution in [0.4, 0.5) is 5.82 Å². The summed E-state index contributed by atoms with van der Waals surface area (Å²) in [7, 11) is 1.71. The molecule has 0 aromatic carbocycles. The average molecular weight is 168 g/mol. The standard InChI is InChI=1S/C7H12N4O/c1-5-3-6(8)10-11(5)7(12)4-9-2/h3,9H,4H2,1-2H3,(H2,8,10). The fourth-order valence-corrected chi connectivity index (χ4v) is 0.977. The fraction of sp³-hybridized carbons (Fsp3) is 0.429. The van der Waals surface area contributed by atoms with Gasteiger partial charge in [-0.25, -0.2) is 4.68 Å². The maximum absolute atomic E-state index is 11.3. The highest BCUT2D eigenvalue weighted by molar-refractivity contribution is 5.81. The molecule has 3 N–H and O–H groups in total. The molecule has 0 amide bonds. The smallest absolute Gasteiger partial charge is 0.261 e. The lowest BCUT2D eigenvalue weighted by Gasteiger charge is -2.00. The number of hydrogen-bond donors (Lipinski definition) is 2. The van der Waals surface area contributed by atoms with Gasteiger partial charge < -0.3 is 11.1 Å². The molecule has 0 bridgehead atoms. The van der Waals surface area contributed by atoms with Crippen LogP contribution in [0.15, 0.2) is 6.07 Å². The van der Waals surface area contributed by atoms with Crippen LogP contribution in [0.25, 0.3) is 0 Å². The Labute approximate surface area is 70.5 Å². The van der Waals surface area contributed by atoms with E-state index in [0.29, 0.717) is 5.82 Å². The second kappa shape index (κ2) is 3.36. The lowest BCUT2D eigenvalue weighted by Crippen LogP contribution is -2.26. The van der Waals surface area contributed by atoms with Crippen LogP contribution in [0.1, 0.15) is 10.5 Å². The molecule has 1 heterocycles. The molecule has 1 aromatic heterocycles. The van der Waals surface area contributed by atoms with Crippen LogP contribution in [0, 0.1) is 6.92 Å². The molecule has 0 saturated heterocycles. The number of likely N-dealkylation sites (N-methyl/N-ethyl adjacent to an activating group) is 1. The first-order valence-electron chi connectivity index (χ1n) is 3.65. The summed E-state index contributed by atoms with van der Waals surface area (Å²) < 4.78 is 1.30. The molecule has 66 valence electrons. The molecule has 5 nitrogen and oxygen atoms in total. The minimum absolute atomic E-state index is 0.105. The molecule has 0 radical (unpaired) electrons. The first-order valence-corrected chi connectivity index (χ1v) is 3.65. The van der Waals surface area contributed by atoms with Crippen LogP contribution in [0.3, 0.4) is 0 Å². The van der Waals surface area contributed by atoms with Gasteiger partial charge in [0.15, 0.2) is 0 Å². The zero-order valence-electron chi connectivity index (χ0n) is 7.16. The number of aryl methyl sites for hydroxylation is 1. The van der Waals surface area contributed by atoms with Crippen LogP contribution < -0.4 is 11.1 Å². The van der Waals surface area contributed by atoms with Crippen molar-refractivity contribution >= 4 is 11.7 Å². The third-order valence-electron chi connectivity index (χ3n) is 1.47. The Balaban J connectivity index is 2.87. The Kier molecular flexibility index (Phi) is 2.44. The fourth-order valence-electron chi connectivity index (χ4n) is 0.977. The van der Waals surface area contributed by atoms with E-state index in [1.165, 1.54) is 4.68 Å². The van der Waals surface area contributed by atoms with Crippen LogP contribution >= 0.6 is 0 Å². The highest BCUT2D eigenvalue weighted by Gasteiger charge is 2.08. The number of carbonyl (C=O) groups excluding carboxylic acids is 1. The summed E-state index contributed by atoms with van der Waals surface area (Å²) in [5, 5.41) is 6.58. The third-order valence-corrected chi connectivity index (χ3v) is 1.47. The van der Waals surface area contributed by atoms with Gasteiger partial charge in [-0.15, -0.1) is 5.10 Å². The number of nitrogens with zero attached hydrogens (tertiary/aromatic N) is 2. The predicted molar refractivity (Wildman–Crippen MR) is 45.9 cm³/mol. The van der Waals surface area contributed by atoms with Crippen LogP contribution in [0.5, 0.6) is 0 Å². The second-order valence-electron chi connectivity index (χ2n) is 2.55. The van der Waals surface area contributed by atoms with Crippen LogP contribution in [-0.4, -0.2) is 29.3 Å². The first-order chi connectivity index (χ1) is 5.65. The van der Waals surface area contributed by atoms with Crippen molar-refractivity contribution in [3.63, 3.8) is 0 Å². The molecule has 1 rings (SSSR count). The normalized spacial score (nSPS) is 10.2. The zero-order chi connectivity index (χ0) is 9.14. The summed E-state index contributed by atoms with van der Waals surface area (Å²) >= 11 is 0. The van der Waals surface area contributed by atoms with Gasteiger partial charge in [0, 0.05) is 11.8 Å². The minimum atomic E-state index is -0.105. The molecule has 0 aliphatic heterocycles. The summed E-state index contributed by atoms with van der Waals surface area (Å²) in [4.78, 5) is 11.3. The van der Waals surface area contributed by atoms with Gasteiger partial charge in [-0.3, -0.25) is 4.79 Å². The van der Waals surface area contributed by atoms with Crippen molar-refractivity contribution in [2.45, 2.75) is 6.92 Å². The van der Waals surface area contributed by atoms with E-state index in [1.807, 2.05) is 0 Å². The maximum atomic E-state index is 11.3. The summed E-state index contributed by atoms with van der Waals surface area (Å²) in [6.07, 6.45) is 0. The molecule has 0 unspecified atom stereocenters. The van der Waals surface area contributed by atoms with E-state index < -0.39 is 0 Å². The van der Waals surface area contributed by atoms with Crippen molar-refractivity contribution in [3.05, 3.63) is 11.8 Å². The first kappa shape index (κ1) is 8.73. The van der Waals surface area contributed by atoms with Crippen LogP contribution in [-0.2, 0) is 0 Å². The van der Waals surface area contributed by atoms with E-state index in [9.17, 15) is 4.79 Å². The SMILES string of the molecule is CNCC(=O)n1nc(N)cc1C. The van der Waals surface area contributed by atoms with Crippen molar-refractivity contribution in [2.75, 3.05) is 19.3 Å². The van der Waals surface area contributed by atoms with Gasteiger partial charge >= 0.3 is 0 Å². The van der Waals surface area contributed by atoms with E-state index in [1.54, 1.807) is 20.0 Å². The number of nitrogens with two attached hydrogens (primary N) is 1. The largest absolute Gasteiger partial charge is 0.382 e. The Morgan fingerprint density at radius 1 is 1.83 bits per heavy atom. The van der Waals surface area contributed by atoms with Gasteiger partial charge in [-0.1, -0.05) is 0 Å². The van der Waals surface area contributed by atoms with E-state index in [-0.39, 0.29) is 12.5 Å². The number of hydrogen-bond acceptors (Lipinski definition) is 4. The molecule has 0 aliphatic rings. The third kappa shape index (κ3) is 1.62. The Morgan fingerprint density at radius 2 is 2.50 bits per heavy atom. The molecule has 0 saturated carbocycles. The van der Waals surface area contributed by atoms with E-state index in [4.69, 9.17) is 5.73 Å². The number of anilines is 1. The molecule has 0 fully saturated rings. The van der Waals surface area contributed by atoms with Gasteiger partial charge in [0.25, 0.3) is 5.91 Å². The molecule has 5 heteroatoms. The van der Waals surface area contributed by atoms with Gasteiger partial charge in [0.1, 0.15) is 5.82 Å². The molecule has 0 atom stereocenters. The van der Waals surface area contributed by atoms with Gasteiger partial charge in [0.2, 0.25) is 0 Å². The molecular weight excluding hydrogens is 156 g/mol. The highest BCUT2D eigenvalue weighted by atomic mass is 16.2. The summed E-state index contributed by atoms with van der Waals surface area (Å²) in [6.45, 7) is 2.05. The van der Waals surface area contributed by atoms with E-state index in [0.717, 1.165) is 5.69 Å². The number of nitrogens with one attached hydrogen (secondary N) is 1. The average Bonchev–Trinajstić information content (AvgIpc) is 2.30. The van der Waals surface area contributed by atoms with E-state index >= 15 is 0 Å². The van der Waals surface area contributed by atoms with Crippen molar-refractivity contribution in [2.24, 2.45) is 0 Å². The molecular formula is C7H12N4O. The summed E-state index contributed by atoms with van der Waals surface area (Å²) in [6, 6.07) is 1.66. The highest BCUT2D eigenvalue weighted by Crippen LogP contribution is 2.02. The van der Waals surface area contributed by atoms with Crippen molar-refractivity contribution in [1.29, 1.82) is 0 Å². The maximum Gasteiger partial charge on any atom is 0.261 e. The number of aromatic nitrogens is 2. The Bertz CT molecular complexity index is 292. The van der Waals surface area contributed by atoms with Gasteiger partial charge in [-0.05, 0) is 14.0 Å². The Hall–Kier alpha value is -1.36. The lowest BCUT2D eigenvalue weighted by atomic mass is 10.4. The molecule has 12 heavy (non-hydrogen) atoms.